The predicted molar refractivity (Wildman–Crippen MR) is 43.5 cm³/mol. The van der Waals surface area contributed by atoms with Crippen LogP contribution in [0, 0.1) is 11.3 Å². The van der Waals surface area contributed by atoms with Gasteiger partial charge in [0.1, 0.15) is 0 Å². The van der Waals surface area contributed by atoms with E-state index in [2.05, 4.69) is 41.6 Å². The van der Waals surface area contributed by atoms with E-state index in [0.717, 1.165) is 5.92 Å². The first-order valence-electron chi connectivity index (χ1n) is 3.18. The molecule has 1 aliphatic rings. The first kappa shape index (κ1) is 7.11. The maximum atomic E-state index is 3.18. The average molecular weight is 187 g/mol. The molecular formula is C8H11Br. The van der Waals surface area contributed by atoms with Crippen LogP contribution in [0.4, 0.5) is 0 Å². The van der Waals surface area contributed by atoms with E-state index < -0.39 is 0 Å². The van der Waals surface area contributed by atoms with Crippen LogP contribution in [0.1, 0.15) is 20.3 Å². The summed E-state index contributed by atoms with van der Waals surface area (Å²) < 4.78 is 0. The third-order valence-corrected chi connectivity index (χ3v) is 2.21. The fraction of sp³-hybridized carbons (Fsp3) is 0.625. The molecule has 1 atom stereocenters. The highest BCUT2D eigenvalue weighted by Gasteiger charge is 2.43. The molecule has 0 N–H and O–H groups in total. The van der Waals surface area contributed by atoms with Gasteiger partial charge in [-0.25, -0.2) is 0 Å². The molecule has 1 fully saturated rings. The van der Waals surface area contributed by atoms with Crippen LogP contribution in [-0.2, 0) is 0 Å². The van der Waals surface area contributed by atoms with Crippen molar-refractivity contribution in [1.29, 1.82) is 0 Å². The van der Waals surface area contributed by atoms with Crippen LogP contribution in [-0.4, -0.2) is 0 Å². The van der Waals surface area contributed by atoms with Crippen molar-refractivity contribution in [3.05, 3.63) is 16.8 Å². The van der Waals surface area contributed by atoms with Crippen molar-refractivity contribution in [3.8, 4) is 0 Å². The van der Waals surface area contributed by atoms with Gasteiger partial charge in [-0.3, -0.25) is 0 Å². The van der Waals surface area contributed by atoms with Crippen molar-refractivity contribution in [2.24, 2.45) is 11.3 Å². The lowest BCUT2D eigenvalue weighted by molar-refractivity contribution is 0.610. The van der Waals surface area contributed by atoms with Crippen LogP contribution >= 0.6 is 15.9 Å². The summed E-state index contributed by atoms with van der Waals surface area (Å²) in [5.41, 5.74) is 3.59. The van der Waals surface area contributed by atoms with E-state index in [4.69, 9.17) is 0 Å². The molecule has 1 saturated carbocycles. The van der Waals surface area contributed by atoms with Gasteiger partial charge in [-0.2, -0.15) is 0 Å². The Labute approximate surface area is 64.8 Å². The second-order valence-corrected chi connectivity index (χ2v) is 3.70. The summed E-state index contributed by atoms with van der Waals surface area (Å²) in [6, 6.07) is 0. The van der Waals surface area contributed by atoms with Gasteiger partial charge in [-0.1, -0.05) is 29.8 Å². The number of hydrogen-bond donors (Lipinski definition) is 0. The Morgan fingerprint density at radius 1 is 1.67 bits per heavy atom. The second-order valence-electron chi connectivity index (χ2n) is 3.24. The maximum Gasteiger partial charge on any atom is 0.0228 e. The largest absolute Gasteiger partial charge is 0.117 e. The van der Waals surface area contributed by atoms with Crippen molar-refractivity contribution in [3.63, 3.8) is 0 Å². The zero-order chi connectivity index (χ0) is 6.91. The van der Waals surface area contributed by atoms with Crippen LogP contribution in [0.25, 0.3) is 0 Å². The summed E-state index contributed by atoms with van der Waals surface area (Å²) >= 11 is 3.18. The van der Waals surface area contributed by atoms with E-state index in [0.29, 0.717) is 5.41 Å². The molecular weight excluding hydrogens is 176 g/mol. The lowest BCUT2D eigenvalue weighted by Gasteiger charge is -1.93. The van der Waals surface area contributed by atoms with E-state index >= 15 is 0 Å². The molecule has 1 heteroatoms. The standard InChI is InChI=1S/C8H11Br/c1-8(2)6-7(8)4-3-5-9/h4-5,7H,6H2,1-2H3. The van der Waals surface area contributed by atoms with Crippen molar-refractivity contribution >= 4 is 15.9 Å². The molecule has 0 heterocycles. The minimum absolute atomic E-state index is 0.559. The summed E-state index contributed by atoms with van der Waals surface area (Å²) in [6.07, 6.45) is 3.45. The molecule has 1 rings (SSSR count). The Hall–Kier alpha value is 0. The Kier molecular flexibility index (Phi) is 1.83. The Morgan fingerprint density at radius 3 is 2.56 bits per heavy atom. The third-order valence-electron chi connectivity index (χ3n) is 1.95. The maximum absolute atomic E-state index is 3.18. The number of hydrogen-bond acceptors (Lipinski definition) is 0. The minimum Gasteiger partial charge on any atom is -0.117 e. The number of halogens is 1. The van der Waals surface area contributed by atoms with Crippen LogP contribution in [0.3, 0.4) is 0 Å². The predicted octanol–water partition coefficient (Wildman–Crippen LogP) is 3.10. The average Bonchev–Trinajstić information content (AvgIpc) is 2.35. The van der Waals surface area contributed by atoms with E-state index in [1.807, 2.05) is 0 Å². The molecule has 0 radical (unpaired) electrons. The first-order valence-corrected chi connectivity index (χ1v) is 4.10. The molecule has 0 amide bonds. The van der Waals surface area contributed by atoms with Gasteiger partial charge in [0.15, 0.2) is 0 Å². The molecule has 0 aliphatic heterocycles. The van der Waals surface area contributed by atoms with Crippen molar-refractivity contribution in [2.75, 3.05) is 0 Å². The highest BCUT2D eigenvalue weighted by molar-refractivity contribution is 9.11. The quantitative estimate of drug-likeness (QED) is 0.553. The van der Waals surface area contributed by atoms with Gasteiger partial charge in [0, 0.05) is 4.99 Å². The first-order chi connectivity index (χ1) is 4.17. The molecule has 0 nitrogen and oxygen atoms in total. The molecule has 1 unspecified atom stereocenters. The Morgan fingerprint density at radius 2 is 2.22 bits per heavy atom. The minimum atomic E-state index is 0.559. The summed E-state index contributed by atoms with van der Waals surface area (Å²) in [7, 11) is 0. The van der Waals surface area contributed by atoms with Crippen molar-refractivity contribution in [1.82, 2.24) is 0 Å². The van der Waals surface area contributed by atoms with Crippen molar-refractivity contribution in [2.45, 2.75) is 20.3 Å². The van der Waals surface area contributed by atoms with Gasteiger partial charge < -0.3 is 0 Å². The van der Waals surface area contributed by atoms with Gasteiger partial charge in [0.25, 0.3) is 0 Å². The molecule has 0 spiro atoms. The van der Waals surface area contributed by atoms with Crippen LogP contribution < -0.4 is 0 Å². The van der Waals surface area contributed by atoms with Gasteiger partial charge >= 0.3 is 0 Å². The van der Waals surface area contributed by atoms with Crippen LogP contribution in [0.15, 0.2) is 16.8 Å². The van der Waals surface area contributed by atoms with E-state index in [9.17, 15) is 0 Å². The fourth-order valence-corrected chi connectivity index (χ4v) is 1.10. The van der Waals surface area contributed by atoms with E-state index in [1.165, 1.54) is 6.42 Å². The van der Waals surface area contributed by atoms with E-state index in [-0.39, 0.29) is 0 Å². The summed E-state index contributed by atoms with van der Waals surface area (Å²) in [5, 5.41) is 0. The Balaban J connectivity index is 2.44. The van der Waals surface area contributed by atoms with Gasteiger partial charge in [0.2, 0.25) is 0 Å². The summed E-state index contributed by atoms with van der Waals surface area (Å²) in [5.74, 6) is 0.770. The van der Waals surface area contributed by atoms with Gasteiger partial charge in [-0.05, 0) is 23.8 Å². The summed E-state index contributed by atoms with van der Waals surface area (Å²) in [6.45, 7) is 4.56. The summed E-state index contributed by atoms with van der Waals surface area (Å²) in [4.78, 5) is 1.78. The van der Waals surface area contributed by atoms with Gasteiger partial charge in [-0.15, -0.1) is 5.73 Å². The van der Waals surface area contributed by atoms with Crippen LogP contribution in [0.2, 0.25) is 0 Å². The molecule has 1 aliphatic carbocycles. The molecule has 0 saturated heterocycles. The topological polar surface area (TPSA) is 0 Å². The zero-order valence-corrected chi connectivity index (χ0v) is 7.40. The smallest absolute Gasteiger partial charge is 0.0228 e. The van der Waals surface area contributed by atoms with Crippen LogP contribution in [0.5, 0.6) is 0 Å². The number of rotatable bonds is 1. The molecule has 0 aromatic heterocycles. The SMILES string of the molecule is CC1(C)CC1C=C=CBr. The Bertz CT molecular complexity index is 161. The van der Waals surface area contributed by atoms with Gasteiger partial charge in [0.05, 0.1) is 0 Å². The third kappa shape index (κ3) is 1.70. The second kappa shape index (κ2) is 2.32. The highest BCUT2D eigenvalue weighted by atomic mass is 79.9. The monoisotopic (exact) mass is 186 g/mol. The van der Waals surface area contributed by atoms with E-state index in [1.54, 1.807) is 4.99 Å². The molecule has 50 valence electrons. The normalized spacial score (nSPS) is 28.6. The molecule has 9 heavy (non-hydrogen) atoms. The lowest BCUT2D eigenvalue weighted by atomic mass is 10.1. The zero-order valence-electron chi connectivity index (χ0n) is 5.82. The fourth-order valence-electron chi connectivity index (χ4n) is 0.945. The molecule has 0 aromatic rings. The highest BCUT2D eigenvalue weighted by Crippen LogP contribution is 2.52. The lowest BCUT2D eigenvalue weighted by Crippen LogP contribution is -1.84. The van der Waals surface area contributed by atoms with Crippen molar-refractivity contribution < 1.29 is 0 Å². The molecule has 0 bridgehead atoms. The molecule has 0 aromatic carbocycles. The number of allylic oxidation sites excluding steroid dienone is 1.